The molecule has 5 heterocycles. The van der Waals surface area contributed by atoms with Gasteiger partial charge in [-0.25, -0.2) is 9.97 Å². The molecule has 0 atom stereocenters. The Morgan fingerprint density at radius 2 is 1.53 bits per heavy atom. The average Bonchev–Trinajstić information content (AvgIpc) is 3.59. The zero-order valence-electron chi connectivity index (χ0n) is 19.5. The number of carbonyl (C=O) groups is 2. The Labute approximate surface area is 215 Å². The fraction of sp³-hybridized carbons (Fsp3) is 0.103. The first kappa shape index (κ1) is 21.4. The number of fused-ring (bicyclic) bond motifs is 4. The first-order valence-corrected chi connectivity index (χ1v) is 13.3. The van der Waals surface area contributed by atoms with Crippen molar-refractivity contribution in [3.8, 4) is 0 Å². The summed E-state index contributed by atoms with van der Waals surface area (Å²) in [4.78, 5) is 38.7. The summed E-state index contributed by atoms with van der Waals surface area (Å²) in [5.74, 6) is 1.27. The van der Waals surface area contributed by atoms with E-state index in [1.54, 1.807) is 29.8 Å². The number of pyridine rings is 2. The summed E-state index contributed by atoms with van der Waals surface area (Å²) in [7, 11) is 0. The predicted octanol–water partition coefficient (Wildman–Crippen LogP) is 7.32. The zero-order valence-corrected chi connectivity index (χ0v) is 21.1. The van der Waals surface area contributed by atoms with Gasteiger partial charge in [0.05, 0.1) is 5.57 Å². The van der Waals surface area contributed by atoms with E-state index < -0.39 is 0 Å². The molecule has 1 aliphatic heterocycles. The molecule has 0 saturated carbocycles. The van der Waals surface area contributed by atoms with Crippen LogP contribution in [0.25, 0.3) is 16.2 Å². The van der Waals surface area contributed by atoms with Crippen molar-refractivity contribution in [2.45, 2.75) is 19.3 Å². The van der Waals surface area contributed by atoms with Gasteiger partial charge in [0.15, 0.2) is 11.6 Å². The number of rotatable bonds is 2. The number of aromatic nitrogens is 2. The molecule has 7 rings (SSSR count). The Hall–Kier alpha value is -3.94. The molecule has 1 aliphatic carbocycles. The second-order valence-electron chi connectivity index (χ2n) is 9.46. The lowest BCUT2D eigenvalue weighted by molar-refractivity contribution is 0.0990. The quantitative estimate of drug-likeness (QED) is 0.186. The molecular weight excluding hydrogens is 486 g/mol. The number of hydrogen-bond acceptors (Lipinski definition) is 7. The molecule has 0 unspecified atom stereocenters. The van der Waals surface area contributed by atoms with Crippen LogP contribution >= 0.6 is 22.7 Å². The third-order valence-electron chi connectivity index (χ3n) is 7.03. The number of thiophene rings is 2. The topological polar surface area (TPSA) is 63.2 Å². The van der Waals surface area contributed by atoms with Gasteiger partial charge in [0.2, 0.25) is 0 Å². The standard InChI is InChI=1S/C29H19N3O2S2/c1-29(2)21-5-3-10-30-27(21)32(28-22(29)6-4-11-31-28)24-8-7-17(36-24)14-20-25(33)18-13-16-9-12-35-23(16)15-19(18)26(20)34/h3-15H,1-2H3/b20-14-. The lowest BCUT2D eigenvalue weighted by Crippen LogP contribution is -2.31. The van der Waals surface area contributed by atoms with E-state index in [2.05, 4.69) is 30.9 Å². The molecule has 36 heavy (non-hydrogen) atoms. The minimum atomic E-state index is -0.242. The number of benzene rings is 1. The lowest BCUT2D eigenvalue weighted by Gasteiger charge is -2.39. The highest BCUT2D eigenvalue weighted by molar-refractivity contribution is 7.17. The maximum Gasteiger partial charge on any atom is 0.197 e. The van der Waals surface area contributed by atoms with Gasteiger partial charge in [-0.05, 0) is 59.3 Å². The largest absolute Gasteiger partial charge is 0.288 e. The molecule has 174 valence electrons. The fourth-order valence-electron chi connectivity index (χ4n) is 5.17. The van der Waals surface area contributed by atoms with Crippen molar-refractivity contribution in [2.75, 3.05) is 4.90 Å². The summed E-state index contributed by atoms with van der Waals surface area (Å²) in [5, 5.41) is 3.89. The number of ketones is 2. The van der Waals surface area contributed by atoms with Crippen molar-refractivity contribution in [3.63, 3.8) is 0 Å². The summed E-state index contributed by atoms with van der Waals surface area (Å²) in [6, 6.07) is 17.7. The van der Waals surface area contributed by atoms with E-state index in [1.807, 2.05) is 47.8 Å². The molecule has 7 heteroatoms. The van der Waals surface area contributed by atoms with E-state index in [1.165, 1.54) is 11.3 Å². The molecule has 5 aromatic rings. The van der Waals surface area contributed by atoms with Crippen molar-refractivity contribution in [3.05, 3.63) is 105 Å². The van der Waals surface area contributed by atoms with Crippen LogP contribution in [0.4, 0.5) is 16.6 Å². The average molecular weight is 506 g/mol. The number of carbonyl (C=O) groups excluding carboxylic acids is 2. The van der Waals surface area contributed by atoms with E-state index in [9.17, 15) is 9.59 Å². The molecule has 0 amide bonds. The lowest BCUT2D eigenvalue weighted by atomic mass is 9.76. The number of hydrogen-bond donors (Lipinski definition) is 0. The number of anilines is 3. The van der Waals surface area contributed by atoms with E-state index in [4.69, 9.17) is 9.97 Å². The van der Waals surface area contributed by atoms with E-state index >= 15 is 0 Å². The predicted molar refractivity (Wildman–Crippen MR) is 145 cm³/mol. The molecule has 5 nitrogen and oxygen atoms in total. The minimum absolute atomic E-state index is 0.209. The molecule has 1 aromatic carbocycles. The summed E-state index contributed by atoms with van der Waals surface area (Å²) in [6.45, 7) is 4.38. The third kappa shape index (κ3) is 2.93. The van der Waals surface area contributed by atoms with Crippen molar-refractivity contribution < 1.29 is 9.59 Å². The van der Waals surface area contributed by atoms with Crippen LogP contribution in [0.15, 0.2) is 77.9 Å². The van der Waals surface area contributed by atoms with E-state index in [-0.39, 0.29) is 22.6 Å². The van der Waals surface area contributed by atoms with Crippen LogP contribution in [0.2, 0.25) is 0 Å². The van der Waals surface area contributed by atoms with Crippen LogP contribution in [-0.2, 0) is 5.41 Å². The van der Waals surface area contributed by atoms with Crippen molar-refractivity contribution in [1.82, 2.24) is 9.97 Å². The van der Waals surface area contributed by atoms with Crippen LogP contribution in [0, 0.1) is 0 Å². The molecule has 0 spiro atoms. The molecule has 0 N–H and O–H groups in total. The van der Waals surface area contributed by atoms with E-state index in [0.29, 0.717) is 11.1 Å². The summed E-state index contributed by atoms with van der Waals surface area (Å²) in [6.07, 6.45) is 5.31. The Morgan fingerprint density at radius 1 is 0.861 bits per heavy atom. The molecule has 0 saturated heterocycles. The van der Waals surface area contributed by atoms with Gasteiger partial charge in [0.1, 0.15) is 16.6 Å². The van der Waals surface area contributed by atoms with Crippen LogP contribution in [-0.4, -0.2) is 21.5 Å². The Morgan fingerprint density at radius 3 is 2.22 bits per heavy atom. The van der Waals surface area contributed by atoms with Crippen molar-refractivity contribution >= 4 is 67.0 Å². The molecular formula is C29H19N3O2S2. The van der Waals surface area contributed by atoms with Gasteiger partial charge in [-0.1, -0.05) is 26.0 Å². The van der Waals surface area contributed by atoms with Gasteiger partial charge in [-0.2, -0.15) is 0 Å². The fourth-order valence-corrected chi connectivity index (χ4v) is 6.94. The van der Waals surface area contributed by atoms with Crippen LogP contribution in [0.3, 0.4) is 0 Å². The first-order chi connectivity index (χ1) is 17.4. The normalized spacial score (nSPS) is 16.9. The molecule has 0 bridgehead atoms. The highest BCUT2D eigenvalue weighted by Gasteiger charge is 2.39. The molecule has 0 fully saturated rings. The highest BCUT2D eigenvalue weighted by Crippen LogP contribution is 2.51. The van der Waals surface area contributed by atoms with Crippen molar-refractivity contribution in [1.29, 1.82) is 0 Å². The highest BCUT2D eigenvalue weighted by atomic mass is 32.1. The van der Waals surface area contributed by atoms with Crippen LogP contribution in [0.5, 0.6) is 0 Å². The van der Waals surface area contributed by atoms with Crippen LogP contribution < -0.4 is 4.90 Å². The minimum Gasteiger partial charge on any atom is -0.288 e. The maximum atomic E-state index is 13.2. The van der Waals surface area contributed by atoms with Gasteiger partial charge in [-0.3, -0.25) is 14.5 Å². The number of Topliss-reactive ketones (excluding diaryl/α,β-unsaturated/α-hetero) is 2. The summed E-state index contributed by atoms with van der Waals surface area (Å²) >= 11 is 3.08. The Bertz CT molecular complexity index is 1670. The monoisotopic (exact) mass is 505 g/mol. The second-order valence-corrected chi connectivity index (χ2v) is 11.5. The second kappa shape index (κ2) is 7.53. The van der Waals surface area contributed by atoms with Gasteiger partial charge < -0.3 is 0 Å². The van der Waals surface area contributed by atoms with Gasteiger partial charge >= 0.3 is 0 Å². The van der Waals surface area contributed by atoms with Crippen molar-refractivity contribution in [2.24, 2.45) is 0 Å². The molecule has 2 aliphatic rings. The number of nitrogens with zero attached hydrogens (tertiary/aromatic N) is 3. The maximum absolute atomic E-state index is 13.2. The summed E-state index contributed by atoms with van der Waals surface area (Å²) in [5.41, 5.74) is 3.20. The smallest absolute Gasteiger partial charge is 0.197 e. The SMILES string of the molecule is CC1(C)c2cccnc2N(c2ccc(/C=C3/C(=O)c4cc5ccsc5cc4C3=O)s2)c2ncccc21. The summed E-state index contributed by atoms with van der Waals surface area (Å²) < 4.78 is 1.01. The molecule has 4 aromatic heterocycles. The Balaban J connectivity index is 1.32. The number of allylic oxidation sites excluding steroid dienone is 1. The first-order valence-electron chi connectivity index (χ1n) is 11.6. The zero-order chi connectivity index (χ0) is 24.6. The third-order valence-corrected chi connectivity index (χ3v) is 8.93. The Kier molecular flexibility index (Phi) is 4.46. The van der Waals surface area contributed by atoms with Crippen LogP contribution in [0.1, 0.15) is 50.6 Å². The molecule has 0 radical (unpaired) electrons. The van der Waals surface area contributed by atoms with E-state index in [0.717, 1.165) is 42.7 Å². The van der Waals surface area contributed by atoms with Gasteiger partial charge in [0, 0.05) is 49.6 Å². The van der Waals surface area contributed by atoms with Gasteiger partial charge in [0.25, 0.3) is 0 Å². The van der Waals surface area contributed by atoms with Gasteiger partial charge in [-0.15, -0.1) is 22.7 Å².